The van der Waals surface area contributed by atoms with Crippen LogP contribution in [0.4, 0.5) is 11.4 Å². The Labute approximate surface area is 119 Å². The number of hydrogen-bond donors (Lipinski definition) is 1. The van der Waals surface area contributed by atoms with Crippen LogP contribution in [-0.2, 0) is 14.3 Å². The number of morpholine rings is 1. The van der Waals surface area contributed by atoms with Gasteiger partial charge in [0.15, 0.2) is 0 Å². The number of nitrogens with one attached hydrogen (secondary N) is 1. The minimum absolute atomic E-state index is 0.0960. The predicted octanol–water partition coefficient (Wildman–Crippen LogP) is 1.89. The van der Waals surface area contributed by atoms with Gasteiger partial charge in [-0.1, -0.05) is 0 Å². The van der Waals surface area contributed by atoms with Crippen molar-refractivity contribution in [2.24, 2.45) is 0 Å². The van der Waals surface area contributed by atoms with E-state index in [0.717, 1.165) is 31.1 Å². The van der Waals surface area contributed by atoms with E-state index < -0.39 is 0 Å². The fraction of sp³-hybridized carbons (Fsp3) is 0.533. The van der Waals surface area contributed by atoms with Crippen molar-refractivity contribution in [3.63, 3.8) is 0 Å². The molecule has 1 aliphatic heterocycles. The second-order valence-electron chi connectivity index (χ2n) is 4.85. The summed E-state index contributed by atoms with van der Waals surface area (Å²) in [5.74, 6) is -0.126. The lowest BCUT2D eigenvalue weighted by Crippen LogP contribution is -2.43. The Hall–Kier alpha value is -1.59. The summed E-state index contributed by atoms with van der Waals surface area (Å²) in [4.78, 5) is 13.9. The van der Waals surface area contributed by atoms with E-state index in [1.807, 2.05) is 31.2 Å². The molecule has 5 heteroatoms. The van der Waals surface area contributed by atoms with Crippen molar-refractivity contribution in [2.45, 2.75) is 19.9 Å². The molecule has 20 heavy (non-hydrogen) atoms. The van der Waals surface area contributed by atoms with E-state index in [9.17, 15) is 4.79 Å². The van der Waals surface area contributed by atoms with Crippen LogP contribution in [0.15, 0.2) is 24.3 Å². The Morgan fingerprint density at radius 2 is 2.20 bits per heavy atom. The Morgan fingerprint density at radius 3 is 2.85 bits per heavy atom. The molecule has 0 saturated carbocycles. The van der Waals surface area contributed by atoms with Crippen LogP contribution in [0.5, 0.6) is 0 Å². The molecule has 0 unspecified atom stereocenters. The van der Waals surface area contributed by atoms with Gasteiger partial charge in [-0.2, -0.15) is 0 Å². The third-order valence-corrected chi connectivity index (χ3v) is 3.29. The molecule has 0 aromatic heterocycles. The molecular formula is C15H22N2O3. The molecular weight excluding hydrogens is 256 g/mol. The average Bonchev–Trinajstić information content (AvgIpc) is 2.47. The predicted molar refractivity (Wildman–Crippen MR) is 79.2 cm³/mol. The molecule has 5 nitrogen and oxygen atoms in total. The summed E-state index contributed by atoms with van der Waals surface area (Å²) in [6.07, 6.45) is 0. The maximum Gasteiger partial charge on any atom is 0.250 e. The van der Waals surface area contributed by atoms with Gasteiger partial charge in [0, 0.05) is 30.6 Å². The van der Waals surface area contributed by atoms with E-state index in [1.54, 1.807) is 0 Å². The first kappa shape index (κ1) is 14.8. The lowest BCUT2D eigenvalue weighted by molar-refractivity contribution is -0.120. The molecule has 2 rings (SSSR count). The van der Waals surface area contributed by atoms with Crippen LogP contribution < -0.4 is 10.2 Å². The number of benzene rings is 1. The fourth-order valence-corrected chi connectivity index (χ4v) is 2.24. The molecule has 110 valence electrons. The minimum Gasteiger partial charge on any atom is -0.377 e. The number of carbonyl (C=O) groups is 1. The second kappa shape index (κ2) is 7.26. The highest BCUT2D eigenvalue weighted by atomic mass is 16.5. The van der Waals surface area contributed by atoms with E-state index in [-0.39, 0.29) is 12.5 Å². The van der Waals surface area contributed by atoms with Gasteiger partial charge in [-0.15, -0.1) is 0 Å². The molecule has 0 aliphatic carbocycles. The third kappa shape index (κ3) is 3.95. The fourth-order valence-electron chi connectivity index (χ4n) is 2.24. The highest BCUT2D eigenvalue weighted by Gasteiger charge is 2.18. The number of ether oxygens (including phenoxy) is 2. The first-order valence-electron chi connectivity index (χ1n) is 7.02. The van der Waals surface area contributed by atoms with Crippen LogP contribution in [0.3, 0.4) is 0 Å². The van der Waals surface area contributed by atoms with Crippen molar-refractivity contribution < 1.29 is 14.3 Å². The largest absolute Gasteiger partial charge is 0.377 e. The van der Waals surface area contributed by atoms with Gasteiger partial charge < -0.3 is 19.7 Å². The molecule has 1 saturated heterocycles. The number of carbonyl (C=O) groups excluding carboxylic acids is 1. The molecule has 0 spiro atoms. The molecule has 0 radical (unpaired) electrons. The van der Waals surface area contributed by atoms with Gasteiger partial charge in [-0.05, 0) is 38.1 Å². The van der Waals surface area contributed by atoms with Crippen molar-refractivity contribution in [2.75, 3.05) is 43.2 Å². The summed E-state index contributed by atoms with van der Waals surface area (Å²) in [6.45, 7) is 7.07. The maximum absolute atomic E-state index is 11.5. The second-order valence-corrected chi connectivity index (χ2v) is 4.85. The molecule has 1 heterocycles. The lowest BCUT2D eigenvalue weighted by Gasteiger charge is -2.35. The third-order valence-electron chi connectivity index (χ3n) is 3.29. The van der Waals surface area contributed by atoms with E-state index in [0.29, 0.717) is 12.6 Å². The lowest BCUT2D eigenvalue weighted by atomic mass is 10.2. The van der Waals surface area contributed by atoms with Gasteiger partial charge in [0.05, 0.1) is 13.2 Å². The topological polar surface area (TPSA) is 50.8 Å². The van der Waals surface area contributed by atoms with Gasteiger partial charge >= 0.3 is 0 Å². The quantitative estimate of drug-likeness (QED) is 0.893. The standard InChI is InChI=1S/C15H22N2O3/c1-3-19-11-15(18)16-13-4-6-14(7-5-13)17-8-9-20-10-12(17)2/h4-7,12H,3,8-11H2,1-2H3,(H,16,18)/t12-/m1/s1. The van der Waals surface area contributed by atoms with E-state index in [1.165, 1.54) is 0 Å². The monoisotopic (exact) mass is 278 g/mol. The molecule has 1 aromatic rings. The highest BCUT2D eigenvalue weighted by molar-refractivity contribution is 5.91. The number of anilines is 2. The van der Waals surface area contributed by atoms with Crippen LogP contribution in [0.2, 0.25) is 0 Å². The van der Waals surface area contributed by atoms with Crippen molar-refractivity contribution in [1.29, 1.82) is 0 Å². The highest BCUT2D eigenvalue weighted by Crippen LogP contribution is 2.21. The van der Waals surface area contributed by atoms with E-state index in [4.69, 9.17) is 9.47 Å². The number of rotatable bonds is 5. The summed E-state index contributed by atoms with van der Waals surface area (Å²) >= 11 is 0. The SMILES string of the molecule is CCOCC(=O)Nc1ccc(N2CCOC[C@H]2C)cc1. The van der Waals surface area contributed by atoms with Crippen LogP contribution in [0.25, 0.3) is 0 Å². The summed E-state index contributed by atoms with van der Waals surface area (Å²) in [5, 5.41) is 2.81. The van der Waals surface area contributed by atoms with Crippen LogP contribution in [0, 0.1) is 0 Å². The molecule has 1 aromatic carbocycles. The number of amides is 1. The van der Waals surface area contributed by atoms with Crippen molar-refractivity contribution in [3.8, 4) is 0 Å². The van der Waals surface area contributed by atoms with Crippen molar-refractivity contribution >= 4 is 17.3 Å². The van der Waals surface area contributed by atoms with Crippen LogP contribution >= 0.6 is 0 Å². The van der Waals surface area contributed by atoms with Gasteiger partial charge in [0.25, 0.3) is 0 Å². The van der Waals surface area contributed by atoms with Gasteiger partial charge in [0.1, 0.15) is 6.61 Å². The molecule has 1 atom stereocenters. The van der Waals surface area contributed by atoms with Crippen molar-refractivity contribution in [3.05, 3.63) is 24.3 Å². The molecule has 1 aliphatic rings. The molecule has 1 N–H and O–H groups in total. The smallest absolute Gasteiger partial charge is 0.250 e. The Kier molecular flexibility index (Phi) is 5.38. The van der Waals surface area contributed by atoms with Crippen molar-refractivity contribution in [1.82, 2.24) is 0 Å². The zero-order valence-corrected chi connectivity index (χ0v) is 12.1. The molecule has 1 fully saturated rings. The first-order chi connectivity index (χ1) is 9.70. The zero-order chi connectivity index (χ0) is 14.4. The Balaban J connectivity index is 1.93. The normalized spacial score (nSPS) is 18.9. The summed E-state index contributed by atoms with van der Waals surface area (Å²) in [7, 11) is 0. The zero-order valence-electron chi connectivity index (χ0n) is 12.1. The summed E-state index contributed by atoms with van der Waals surface area (Å²) in [6, 6.07) is 8.26. The van der Waals surface area contributed by atoms with Gasteiger partial charge in [0.2, 0.25) is 5.91 Å². The molecule has 1 amide bonds. The minimum atomic E-state index is -0.126. The van der Waals surface area contributed by atoms with Gasteiger partial charge in [-0.3, -0.25) is 4.79 Å². The maximum atomic E-state index is 11.5. The van der Waals surface area contributed by atoms with Crippen LogP contribution in [0.1, 0.15) is 13.8 Å². The Morgan fingerprint density at radius 1 is 1.45 bits per heavy atom. The number of hydrogen-bond acceptors (Lipinski definition) is 4. The summed E-state index contributed by atoms with van der Waals surface area (Å²) in [5.41, 5.74) is 1.95. The summed E-state index contributed by atoms with van der Waals surface area (Å²) < 4.78 is 10.5. The number of nitrogens with zero attached hydrogens (tertiary/aromatic N) is 1. The van der Waals surface area contributed by atoms with Crippen LogP contribution in [-0.4, -0.2) is 44.9 Å². The Bertz CT molecular complexity index is 433. The first-order valence-corrected chi connectivity index (χ1v) is 7.02. The average molecular weight is 278 g/mol. The molecule has 0 bridgehead atoms. The van der Waals surface area contributed by atoms with E-state index >= 15 is 0 Å². The van der Waals surface area contributed by atoms with Gasteiger partial charge in [-0.25, -0.2) is 0 Å². The van der Waals surface area contributed by atoms with E-state index in [2.05, 4.69) is 17.1 Å².